The number of aliphatic hydroxyl groups excluding tert-OH is 1. The van der Waals surface area contributed by atoms with Gasteiger partial charge in [-0.2, -0.15) is 0 Å². The fourth-order valence-corrected chi connectivity index (χ4v) is 1.47. The minimum Gasteiger partial charge on any atom is -0.394 e. The van der Waals surface area contributed by atoms with Gasteiger partial charge in [0, 0.05) is 12.6 Å². The summed E-state index contributed by atoms with van der Waals surface area (Å²) < 4.78 is 5.18. The summed E-state index contributed by atoms with van der Waals surface area (Å²) in [6.07, 6.45) is 3.51. The van der Waals surface area contributed by atoms with Gasteiger partial charge in [-0.1, -0.05) is 6.08 Å². The van der Waals surface area contributed by atoms with Gasteiger partial charge in [0.15, 0.2) is 0 Å². The largest absolute Gasteiger partial charge is 0.394 e. The Morgan fingerprint density at radius 2 is 2.14 bits per heavy atom. The molecule has 0 fully saturated rings. The van der Waals surface area contributed by atoms with Crippen molar-refractivity contribution in [1.29, 1.82) is 0 Å². The van der Waals surface area contributed by atoms with Gasteiger partial charge in [-0.05, 0) is 33.9 Å². The van der Waals surface area contributed by atoms with E-state index in [0.717, 1.165) is 12.8 Å². The number of aliphatic hydroxyl groups is 1. The van der Waals surface area contributed by atoms with Crippen LogP contribution in [0, 0.1) is 0 Å². The second-order valence-electron chi connectivity index (χ2n) is 4.13. The summed E-state index contributed by atoms with van der Waals surface area (Å²) in [5, 5.41) is 9.07. The smallest absolute Gasteiger partial charge is 0.0819 e. The minimum absolute atomic E-state index is 0.00512. The van der Waals surface area contributed by atoms with E-state index in [0.29, 0.717) is 0 Å². The summed E-state index contributed by atoms with van der Waals surface area (Å²) >= 11 is 0. The minimum atomic E-state index is -0.0950. The first-order chi connectivity index (χ1) is 6.50. The zero-order valence-electron chi connectivity index (χ0n) is 9.79. The van der Waals surface area contributed by atoms with Crippen molar-refractivity contribution < 1.29 is 9.84 Å². The van der Waals surface area contributed by atoms with Gasteiger partial charge in [0.2, 0.25) is 0 Å². The Morgan fingerprint density at radius 1 is 1.57 bits per heavy atom. The van der Waals surface area contributed by atoms with Gasteiger partial charge in [-0.25, -0.2) is 0 Å². The quantitative estimate of drug-likeness (QED) is 0.630. The van der Waals surface area contributed by atoms with E-state index in [9.17, 15) is 0 Å². The van der Waals surface area contributed by atoms with Crippen LogP contribution < -0.4 is 0 Å². The summed E-state index contributed by atoms with van der Waals surface area (Å²) in [4.78, 5) is 2.15. The van der Waals surface area contributed by atoms with Crippen molar-refractivity contribution in [2.24, 2.45) is 0 Å². The molecule has 14 heavy (non-hydrogen) atoms. The molecular weight excluding hydrogens is 178 g/mol. The van der Waals surface area contributed by atoms with Crippen LogP contribution in [-0.2, 0) is 4.74 Å². The van der Waals surface area contributed by atoms with Gasteiger partial charge in [0.25, 0.3) is 0 Å². The first-order valence-corrected chi connectivity index (χ1v) is 4.92. The standard InChI is InChI=1S/C11H23NO2/c1-6-7-11(2,12(3)4)8-10(9-13)14-5/h6,10,13H,1,7-9H2,2-5H3. The van der Waals surface area contributed by atoms with Crippen molar-refractivity contribution in [2.75, 3.05) is 27.8 Å². The van der Waals surface area contributed by atoms with E-state index in [1.165, 1.54) is 0 Å². The van der Waals surface area contributed by atoms with E-state index in [1.54, 1.807) is 7.11 Å². The van der Waals surface area contributed by atoms with E-state index in [4.69, 9.17) is 9.84 Å². The molecular formula is C11H23NO2. The maximum atomic E-state index is 9.07. The van der Waals surface area contributed by atoms with E-state index < -0.39 is 0 Å². The van der Waals surface area contributed by atoms with Crippen molar-refractivity contribution >= 4 is 0 Å². The summed E-state index contributed by atoms with van der Waals surface area (Å²) in [5.74, 6) is 0. The number of nitrogens with zero attached hydrogens (tertiary/aromatic N) is 1. The Morgan fingerprint density at radius 3 is 2.43 bits per heavy atom. The molecule has 3 nitrogen and oxygen atoms in total. The third kappa shape index (κ3) is 3.78. The highest BCUT2D eigenvalue weighted by molar-refractivity contribution is 4.91. The molecule has 0 aliphatic heterocycles. The van der Waals surface area contributed by atoms with Gasteiger partial charge in [0.05, 0.1) is 12.7 Å². The number of hydrogen-bond donors (Lipinski definition) is 1. The van der Waals surface area contributed by atoms with Crippen LogP contribution in [0.15, 0.2) is 12.7 Å². The second-order valence-corrected chi connectivity index (χ2v) is 4.13. The van der Waals surface area contributed by atoms with Gasteiger partial charge in [0.1, 0.15) is 0 Å². The first-order valence-electron chi connectivity index (χ1n) is 4.92. The molecule has 0 bridgehead atoms. The van der Waals surface area contributed by atoms with Crippen molar-refractivity contribution in [1.82, 2.24) is 4.90 Å². The molecule has 0 radical (unpaired) electrons. The first kappa shape index (κ1) is 13.6. The van der Waals surface area contributed by atoms with Gasteiger partial charge in [-0.3, -0.25) is 0 Å². The lowest BCUT2D eigenvalue weighted by Crippen LogP contribution is -2.44. The predicted octanol–water partition coefficient (Wildman–Crippen LogP) is 1.28. The highest BCUT2D eigenvalue weighted by Gasteiger charge is 2.28. The van der Waals surface area contributed by atoms with E-state index in [-0.39, 0.29) is 18.2 Å². The number of hydrogen-bond acceptors (Lipinski definition) is 3. The van der Waals surface area contributed by atoms with Crippen molar-refractivity contribution in [3.8, 4) is 0 Å². The molecule has 0 aromatic heterocycles. The lowest BCUT2D eigenvalue weighted by Gasteiger charge is -2.37. The number of rotatable bonds is 7. The molecule has 0 amide bonds. The van der Waals surface area contributed by atoms with E-state index >= 15 is 0 Å². The highest BCUT2D eigenvalue weighted by atomic mass is 16.5. The third-order valence-electron chi connectivity index (χ3n) is 2.87. The molecule has 0 aliphatic carbocycles. The maximum Gasteiger partial charge on any atom is 0.0819 e. The zero-order valence-corrected chi connectivity index (χ0v) is 9.79. The molecule has 84 valence electrons. The van der Waals surface area contributed by atoms with E-state index in [2.05, 4.69) is 18.4 Å². The number of methoxy groups -OCH3 is 1. The van der Waals surface area contributed by atoms with Crippen molar-refractivity contribution in [2.45, 2.75) is 31.4 Å². The van der Waals surface area contributed by atoms with Gasteiger partial charge >= 0.3 is 0 Å². The maximum absolute atomic E-state index is 9.07. The number of ether oxygens (including phenoxy) is 1. The summed E-state index contributed by atoms with van der Waals surface area (Å²) in [7, 11) is 5.70. The molecule has 0 aromatic rings. The normalized spacial score (nSPS) is 17.9. The molecule has 0 aliphatic rings. The average Bonchev–Trinajstić information content (AvgIpc) is 2.14. The van der Waals surface area contributed by atoms with Crippen LogP contribution in [0.4, 0.5) is 0 Å². The Kier molecular flexibility index (Phi) is 6.00. The van der Waals surface area contributed by atoms with Crippen molar-refractivity contribution in [3.63, 3.8) is 0 Å². The zero-order chi connectivity index (χ0) is 11.2. The fraction of sp³-hybridized carbons (Fsp3) is 0.818. The Hall–Kier alpha value is -0.380. The molecule has 3 heteroatoms. The molecule has 0 saturated carbocycles. The SMILES string of the molecule is C=CCC(C)(CC(CO)OC)N(C)C. The molecule has 0 aromatic carbocycles. The van der Waals surface area contributed by atoms with Crippen LogP contribution in [0.1, 0.15) is 19.8 Å². The lowest BCUT2D eigenvalue weighted by atomic mass is 9.89. The third-order valence-corrected chi connectivity index (χ3v) is 2.87. The molecule has 0 heterocycles. The molecule has 2 unspecified atom stereocenters. The molecule has 0 saturated heterocycles. The molecule has 2 atom stereocenters. The summed E-state index contributed by atoms with van der Waals surface area (Å²) in [6.45, 7) is 5.97. The second kappa shape index (κ2) is 6.17. The Bertz CT molecular complexity index is 167. The lowest BCUT2D eigenvalue weighted by molar-refractivity contribution is 0.00451. The predicted molar refractivity (Wildman–Crippen MR) is 59.4 cm³/mol. The van der Waals surface area contributed by atoms with Crippen LogP contribution in [0.2, 0.25) is 0 Å². The van der Waals surface area contributed by atoms with Crippen LogP contribution in [0.5, 0.6) is 0 Å². The average molecular weight is 201 g/mol. The molecule has 1 N–H and O–H groups in total. The van der Waals surface area contributed by atoms with Crippen LogP contribution in [0.3, 0.4) is 0 Å². The Balaban J connectivity index is 4.41. The summed E-state index contributed by atoms with van der Waals surface area (Å²) in [5.41, 5.74) is 0.00512. The highest BCUT2D eigenvalue weighted by Crippen LogP contribution is 2.24. The van der Waals surface area contributed by atoms with Gasteiger partial charge < -0.3 is 14.7 Å². The Labute approximate surface area is 87.4 Å². The summed E-state index contributed by atoms with van der Waals surface area (Å²) in [6, 6.07) is 0. The van der Waals surface area contributed by atoms with Crippen molar-refractivity contribution in [3.05, 3.63) is 12.7 Å². The fourth-order valence-electron chi connectivity index (χ4n) is 1.47. The van der Waals surface area contributed by atoms with E-state index in [1.807, 2.05) is 20.2 Å². The van der Waals surface area contributed by atoms with Crippen LogP contribution >= 0.6 is 0 Å². The monoisotopic (exact) mass is 201 g/mol. The van der Waals surface area contributed by atoms with Gasteiger partial charge in [-0.15, -0.1) is 6.58 Å². The topological polar surface area (TPSA) is 32.7 Å². The van der Waals surface area contributed by atoms with Crippen LogP contribution in [-0.4, -0.2) is 49.5 Å². The molecule has 0 spiro atoms. The van der Waals surface area contributed by atoms with Crippen LogP contribution in [0.25, 0.3) is 0 Å². The molecule has 0 rings (SSSR count).